The molecule has 0 saturated heterocycles. The summed E-state index contributed by atoms with van der Waals surface area (Å²) in [6, 6.07) is 32.6. The molecule has 0 amide bonds. The minimum absolute atomic E-state index is 0.489. The molecular weight excluding hydrogens is 345 g/mol. The van der Waals surface area contributed by atoms with E-state index >= 15 is 0 Å². The molecule has 0 unspecified atom stereocenters. The fourth-order valence-corrected chi connectivity index (χ4v) is 3.95. The molecule has 1 aromatic heterocycles. The Morgan fingerprint density at radius 2 is 1.29 bits per heavy atom. The number of benzene rings is 4. The number of fused-ring (bicyclic) bond motifs is 3. The van der Waals surface area contributed by atoms with Gasteiger partial charge in [0.1, 0.15) is 0 Å². The molecule has 134 valence electrons. The van der Waals surface area contributed by atoms with Crippen molar-refractivity contribution in [2.24, 2.45) is 0 Å². The van der Waals surface area contributed by atoms with E-state index in [2.05, 4.69) is 71.3 Å². The molecule has 0 aliphatic rings. The van der Waals surface area contributed by atoms with Crippen LogP contribution in [0.25, 0.3) is 38.6 Å². The maximum Gasteiger partial charge on any atom is 0.488 e. The van der Waals surface area contributed by atoms with Crippen molar-refractivity contribution in [1.82, 2.24) is 4.57 Å². The number of hydrogen-bond donors (Lipinski definition) is 2. The van der Waals surface area contributed by atoms with Crippen LogP contribution in [0.4, 0.5) is 0 Å². The second-order valence-electron chi connectivity index (χ2n) is 6.88. The predicted molar refractivity (Wildman–Crippen MR) is 116 cm³/mol. The number of para-hydroxylation sites is 2. The number of rotatable bonds is 3. The quantitative estimate of drug-likeness (QED) is 0.474. The summed E-state index contributed by atoms with van der Waals surface area (Å²) in [4.78, 5) is 0. The van der Waals surface area contributed by atoms with Crippen LogP contribution in [0.3, 0.4) is 0 Å². The maximum atomic E-state index is 9.38. The van der Waals surface area contributed by atoms with Crippen molar-refractivity contribution in [1.29, 1.82) is 0 Å². The van der Waals surface area contributed by atoms with Crippen molar-refractivity contribution in [2.75, 3.05) is 0 Å². The first-order valence-electron chi connectivity index (χ1n) is 9.28. The van der Waals surface area contributed by atoms with Gasteiger partial charge in [0, 0.05) is 16.5 Å². The van der Waals surface area contributed by atoms with E-state index in [0.29, 0.717) is 5.46 Å². The Hall–Kier alpha value is -3.34. The van der Waals surface area contributed by atoms with E-state index in [1.54, 1.807) is 12.1 Å². The van der Waals surface area contributed by atoms with Gasteiger partial charge in [-0.1, -0.05) is 72.8 Å². The van der Waals surface area contributed by atoms with Gasteiger partial charge in [0.2, 0.25) is 0 Å². The Kier molecular flexibility index (Phi) is 4.01. The molecule has 4 heteroatoms. The van der Waals surface area contributed by atoms with Crippen LogP contribution >= 0.6 is 0 Å². The largest absolute Gasteiger partial charge is 0.488 e. The molecule has 5 rings (SSSR count). The zero-order valence-electron chi connectivity index (χ0n) is 15.2. The SMILES string of the molecule is OB(O)c1ccc(-c2cccc3c2c2ccccc2n3-c2ccccc2)cc1. The highest BCUT2D eigenvalue weighted by atomic mass is 16.4. The zero-order chi connectivity index (χ0) is 19.1. The van der Waals surface area contributed by atoms with Crippen LogP contribution in [-0.2, 0) is 0 Å². The van der Waals surface area contributed by atoms with Gasteiger partial charge >= 0.3 is 7.12 Å². The fourth-order valence-electron chi connectivity index (χ4n) is 3.95. The van der Waals surface area contributed by atoms with Gasteiger partial charge in [-0.15, -0.1) is 0 Å². The van der Waals surface area contributed by atoms with Gasteiger partial charge < -0.3 is 14.6 Å². The van der Waals surface area contributed by atoms with Crippen molar-refractivity contribution in [3.05, 3.63) is 97.1 Å². The summed E-state index contributed by atoms with van der Waals surface area (Å²) in [5.74, 6) is 0. The fraction of sp³-hybridized carbons (Fsp3) is 0. The monoisotopic (exact) mass is 363 g/mol. The minimum Gasteiger partial charge on any atom is -0.423 e. The minimum atomic E-state index is -1.45. The van der Waals surface area contributed by atoms with Crippen LogP contribution in [0.2, 0.25) is 0 Å². The molecular formula is C24H18BNO2. The Labute approximate surface area is 163 Å². The van der Waals surface area contributed by atoms with Gasteiger partial charge in [-0.3, -0.25) is 0 Å². The van der Waals surface area contributed by atoms with E-state index in [9.17, 15) is 10.0 Å². The van der Waals surface area contributed by atoms with Gasteiger partial charge in [-0.25, -0.2) is 0 Å². The zero-order valence-corrected chi connectivity index (χ0v) is 15.2. The van der Waals surface area contributed by atoms with Crippen LogP contribution in [-0.4, -0.2) is 21.7 Å². The smallest absolute Gasteiger partial charge is 0.423 e. The third-order valence-electron chi connectivity index (χ3n) is 5.23. The first kappa shape index (κ1) is 16.8. The third kappa shape index (κ3) is 2.62. The van der Waals surface area contributed by atoms with Crippen molar-refractivity contribution < 1.29 is 10.0 Å². The molecule has 3 nitrogen and oxygen atoms in total. The standard InChI is InChI=1S/C24H18BNO2/c27-25(28)18-15-13-17(14-16-18)20-10-6-12-23-24(20)21-9-4-5-11-22(21)26(23)19-7-2-1-3-8-19/h1-16,27-28H. The summed E-state index contributed by atoms with van der Waals surface area (Å²) in [7, 11) is -1.45. The van der Waals surface area contributed by atoms with E-state index in [1.165, 1.54) is 16.3 Å². The van der Waals surface area contributed by atoms with E-state index in [1.807, 2.05) is 18.2 Å². The summed E-state index contributed by atoms with van der Waals surface area (Å²) in [6.45, 7) is 0. The maximum absolute atomic E-state index is 9.38. The summed E-state index contributed by atoms with van der Waals surface area (Å²) < 4.78 is 2.29. The molecule has 5 aromatic rings. The molecule has 0 atom stereocenters. The van der Waals surface area contributed by atoms with Gasteiger partial charge in [-0.2, -0.15) is 0 Å². The van der Waals surface area contributed by atoms with E-state index in [4.69, 9.17) is 0 Å². The average Bonchev–Trinajstić information content (AvgIpc) is 3.09. The summed E-state index contributed by atoms with van der Waals surface area (Å²) >= 11 is 0. The lowest BCUT2D eigenvalue weighted by Crippen LogP contribution is -2.29. The van der Waals surface area contributed by atoms with Gasteiger partial charge in [-0.05, 0) is 40.9 Å². The summed E-state index contributed by atoms with van der Waals surface area (Å²) in [6.07, 6.45) is 0. The second-order valence-corrected chi connectivity index (χ2v) is 6.88. The number of nitrogens with zero attached hydrogens (tertiary/aromatic N) is 1. The molecule has 4 aromatic carbocycles. The second kappa shape index (κ2) is 6.68. The molecule has 0 aliphatic heterocycles. The first-order chi connectivity index (χ1) is 13.7. The molecule has 1 heterocycles. The van der Waals surface area contributed by atoms with Crippen LogP contribution in [0.1, 0.15) is 0 Å². The molecule has 2 N–H and O–H groups in total. The number of aromatic nitrogens is 1. The van der Waals surface area contributed by atoms with Crippen LogP contribution in [0.5, 0.6) is 0 Å². The Balaban J connectivity index is 1.84. The lowest BCUT2D eigenvalue weighted by atomic mass is 9.79. The van der Waals surface area contributed by atoms with Crippen molar-refractivity contribution in [3.8, 4) is 16.8 Å². The van der Waals surface area contributed by atoms with E-state index < -0.39 is 7.12 Å². The lowest BCUT2D eigenvalue weighted by molar-refractivity contribution is 0.426. The van der Waals surface area contributed by atoms with Crippen molar-refractivity contribution in [3.63, 3.8) is 0 Å². The van der Waals surface area contributed by atoms with Gasteiger partial charge in [0.25, 0.3) is 0 Å². The highest BCUT2D eigenvalue weighted by Gasteiger charge is 2.16. The topological polar surface area (TPSA) is 45.4 Å². The van der Waals surface area contributed by atoms with Crippen LogP contribution in [0.15, 0.2) is 97.1 Å². The lowest BCUT2D eigenvalue weighted by Gasteiger charge is -2.09. The van der Waals surface area contributed by atoms with Crippen LogP contribution in [0, 0.1) is 0 Å². The van der Waals surface area contributed by atoms with Gasteiger partial charge in [0.15, 0.2) is 0 Å². The molecule has 0 fully saturated rings. The van der Waals surface area contributed by atoms with Crippen molar-refractivity contribution in [2.45, 2.75) is 0 Å². The molecule has 0 saturated carbocycles. The predicted octanol–water partition coefficient (Wildman–Crippen LogP) is 4.13. The third-order valence-corrected chi connectivity index (χ3v) is 5.23. The Morgan fingerprint density at radius 3 is 2.04 bits per heavy atom. The van der Waals surface area contributed by atoms with E-state index in [-0.39, 0.29) is 0 Å². The van der Waals surface area contributed by atoms with E-state index in [0.717, 1.165) is 22.3 Å². The van der Waals surface area contributed by atoms with Gasteiger partial charge in [0.05, 0.1) is 11.0 Å². The summed E-state index contributed by atoms with van der Waals surface area (Å²) in [5, 5.41) is 21.2. The Bertz CT molecular complexity index is 1280. The number of hydrogen-bond acceptors (Lipinski definition) is 2. The normalized spacial score (nSPS) is 11.2. The molecule has 0 aliphatic carbocycles. The molecule has 28 heavy (non-hydrogen) atoms. The summed E-state index contributed by atoms with van der Waals surface area (Å²) in [5.41, 5.74) is 6.11. The van der Waals surface area contributed by atoms with Crippen LogP contribution < -0.4 is 5.46 Å². The highest BCUT2D eigenvalue weighted by molar-refractivity contribution is 6.58. The first-order valence-corrected chi connectivity index (χ1v) is 9.28. The highest BCUT2D eigenvalue weighted by Crippen LogP contribution is 2.38. The Morgan fingerprint density at radius 1 is 0.607 bits per heavy atom. The molecule has 0 bridgehead atoms. The molecule has 0 radical (unpaired) electrons. The van der Waals surface area contributed by atoms with Crippen molar-refractivity contribution >= 4 is 34.4 Å². The molecule has 0 spiro atoms. The average molecular weight is 363 g/mol.